The van der Waals surface area contributed by atoms with Gasteiger partial charge in [0, 0.05) is 5.56 Å². The van der Waals surface area contributed by atoms with E-state index in [1.54, 1.807) is 6.20 Å². The number of nitrogens with zero attached hydrogens (tertiary/aromatic N) is 3. The minimum Gasteiger partial charge on any atom is -0.381 e. The molecule has 74 valence electrons. The lowest BCUT2D eigenvalue weighted by molar-refractivity contribution is 1.19. The Labute approximate surface area is 87.5 Å². The smallest absolute Gasteiger partial charge is 0.195 e. The van der Waals surface area contributed by atoms with Crippen molar-refractivity contribution >= 4 is 18.4 Å². The van der Waals surface area contributed by atoms with Gasteiger partial charge in [0.15, 0.2) is 11.6 Å². The van der Waals surface area contributed by atoms with Crippen LogP contribution in [0.15, 0.2) is 41.5 Å². The van der Waals surface area contributed by atoms with Crippen molar-refractivity contribution in [2.45, 2.75) is 0 Å². The van der Waals surface area contributed by atoms with Gasteiger partial charge in [-0.2, -0.15) is 0 Å². The van der Waals surface area contributed by atoms with Gasteiger partial charge in [-0.1, -0.05) is 30.3 Å². The third-order valence-electron chi connectivity index (χ3n) is 2.00. The van der Waals surface area contributed by atoms with Gasteiger partial charge in [-0.3, -0.25) is 0 Å². The number of hydrogen-bond acceptors (Lipinski definition) is 4. The van der Waals surface area contributed by atoms with Gasteiger partial charge < -0.3 is 5.73 Å². The van der Waals surface area contributed by atoms with E-state index >= 15 is 0 Å². The Morgan fingerprint density at radius 3 is 2.60 bits per heavy atom. The summed E-state index contributed by atoms with van der Waals surface area (Å²) in [4.78, 5) is 12.0. The Balaban J connectivity index is 2.51. The number of nitrogens with two attached hydrogens (primary N) is 1. The summed E-state index contributed by atoms with van der Waals surface area (Å²) < 4.78 is 0. The van der Waals surface area contributed by atoms with Crippen molar-refractivity contribution in [2.75, 3.05) is 5.73 Å². The molecule has 15 heavy (non-hydrogen) atoms. The van der Waals surface area contributed by atoms with Crippen LogP contribution in [0.1, 0.15) is 0 Å². The molecule has 0 amide bonds. The van der Waals surface area contributed by atoms with Crippen molar-refractivity contribution in [2.24, 2.45) is 4.99 Å². The van der Waals surface area contributed by atoms with Crippen LogP contribution in [0.25, 0.3) is 11.3 Å². The number of rotatable bonds is 2. The highest BCUT2D eigenvalue weighted by Crippen LogP contribution is 2.21. The minimum absolute atomic E-state index is 0.296. The van der Waals surface area contributed by atoms with Gasteiger partial charge in [0.2, 0.25) is 0 Å². The second-order valence-electron chi connectivity index (χ2n) is 2.99. The maximum absolute atomic E-state index is 5.57. The van der Waals surface area contributed by atoms with Crippen molar-refractivity contribution in [3.63, 3.8) is 0 Å². The van der Waals surface area contributed by atoms with E-state index in [-0.39, 0.29) is 0 Å². The average molecular weight is 198 g/mol. The van der Waals surface area contributed by atoms with Crippen LogP contribution < -0.4 is 5.73 Å². The normalized spacial score (nSPS) is 9.87. The molecule has 2 rings (SSSR count). The Bertz CT molecular complexity index is 479. The molecule has 0 bridgehead atoms. The number of aromatic nitrogens is 2. The van der Waals surface area contributed by atoms with Gasteiger partial charge in [0.1, 0.15) is 0 Å². The molecule has 0 saturated heterocycles. The topological polar surface area (TPSA) is 64.2 Å². The van der Waals surface area contributed by atoms with Crippen LogP contribution in [0.5, 0.6) is 0 Å². The van der Waals surface area contributed by atoms with Crippen molar-refractivity contribution in [1.29, 1.82) is 0 Å². The van der Waals surface area contributed by atoms with Crippen LogP contribution in [0, 0.1) is 0 Å². The van der Waals surface area contributed by atoms with E-state index in [9.17, 15) is 0 Å². The maximum atomic E-state index is 5.57. The minimum atomic E-state index is 0.296. The zero-order valence-electron chi connectivity index (χ0n) is 8.09. The predicted molar refractivity (Wildman–Crippen MR) is 61.1 cm³/mol. The molecule has 0 aliphatic heterocycles. The van der Waals surface area contributed by atoms with E-state index in [1.807, 2.05) is 30.3 Å². The van der Waals surface area contributed by atoms with Crippen LogP contribution in [0.2, 0.25) is 0 Å². The molecule has 0 fully saturated rings. The van der Waals surface area contributed by atoms with Gasteiger partial charge >= 0.3 is 0 Å². The van der Waals surface area contributed by atoms with Gasteiger partial charge in [-0.15, -0.1) is 0 Å². The molecule has 0 unspecified atom stereocenters. The number of benzene rings is 1. The molecule has 2 aromatic rings. The summed E-state index contributed by atoms with van der Waals surface area (Å²) >= 11 is 0. The second kappa shape index (κ2) is 3.88. The van der Waals surface area contributed by atoms with Gasteiger partial charge in [-0.25, -0.2) is 15.0 Å². The van der Waals surface area contributed by atoms with Crippen molar-refractivity contribution < 1.29 is 0 Å². The number of anilines is 1. The summed E-state index contributed by atoms with van der Waals surface area (Å²) in [6.07, 6.45) is 1.62. The average Bonchev–Trinajstić information content (AvgIpc) is 2.31. The van der Waals surface area contributed by atoms with Crippen molar-refractivity contribution in [3.8, 4) is 11.3 Å². The monoisotopic (exact) mass is 198 g/mol. The van der Waals surface area contributed by atoms with Crippen LogP contribution in [-0.4, -0.2) is 16.7 Å². The zero-order valence-corrected chi connectivity index (χ0v) is 8.09. The van der Waals surface area contributed by atoms with E-state index < -0.39 is 0 Å². The molecule has 0 saturated carbocycles. The van der Waals surface area contributed by atoms with Gasteiger partial charge in [0.05, 0.1) is 11.9 Å². The summed E-state index contributed by atoms with van der Waals surface area (Å²) in [5, 5.41) is 0. The Kier molecular flexibility index (Phi) is 2.41. The third-order valence-corrected chi connectivity index (χ3v) is 2.00. The molecule has 1 aromatic heterocycles. The first-order valence-corrected chi connectivity index (χ1v) is 4.46. The fourth-order valence-electron chi connectivity index (χ4n) is 1.25. The number of hydrogen-bond donors (Lipinski definition) is 1. The lowest BCUT2D eigenvalue weighted by atomic mass is 10.2. The summed E-state index contributed by atoms with van der Waals surface area (Å²) in [7, 11) is 0. The summed E-state index contributed by atoms with van der Waals surface area (Å²) in [5.41, 5.74) is 7.29. The fourth-order valence-corrected chi connectivity index (χ4v) is 1.25. The van der Waals surface area contributed by atoms with E-state index in [4.69, 9.17) is 5.73 Å². The van der Waals surface area contributed by atoms with Crippen molar-refractivity contribution in [1.82, 2.24) is 9.97 Å². The van der Waals surface area contributed by atoms with Crippen molar-refractivity contribution in [3.05, 3.63) is 36.5 Å². The van der Waals surface area contributed by atoms with Crippen LogP contribution in [0.3, 0.4) is 0 Å². The van der Waals surface area contributed by atoms with Gasteiger partial charge in [-0.05, 0) is 6.72 Å². The summed E-state index contributed by atoms with van der Waals surface area (Å²) in [5.74, 6) is 0.668. The molecular weight excluding hydrogens is 188 g/mol. The van der Waals surface area contributed by atoms with E-state index in [1.165, 1.54) is 0 Å². The molecule has 0 radical (unpaired) electrons. The fraction of sp³-hybridized carbons (Fsp3) is 0. The maximum Gasteiger partial charge on any atom is 0.195 e. The lowest BCUT2D eigenvalue weighted by Gasteiger charge is -2.02. The Morgan fingerprint density at radius 1 is 1.20 bits per heavy atom. The first-order valence-electron chi connectivity index (χ1n) is 4.46. The summed E-state index contributed by atoms with van der Waals surface area (Å²) in [6.45, 7) is 3.39. The molecule has 1 heterocycles. The second-order valence-corrected chi connectivity index (χ2v) is 2.99. The number of nitrogen functional groups attached to an aromatic ring is 1. The molecule has 2 N–H and O–H groups in total. The quantitative estimate of drug-likeness (QED) is 0.751. The highest BCUT2D eigenvalue weighted by atomic mass is 15.0. The first-order chi connectivity index (χ1) is 7.31. The van der Waals surface area contributed by atoms with Crippen LogP contribution in [-0.2, 0) is 0 Å². The molecular formula is C11H10N4. The van der Waals surface area contributed by atoms with Crippen LogP contribution in [0.4, 0.5) is 11.6 Å². The Hall–Kier alpha value is -2.23. The third kappa shape index (κ3) is 1.83. The van der Waals surface area contributed by atoms with E-state index in [0.29, 0.717) is 11.6 Å². The molecule has 0 spiro atoms. The molecule has 0 aliphatic rings. The van der Waals surface area contributed by atoms with E-state index in [0.717, 1.165) is 11.3 Å². The highest BCUT2D eigenvalue weighted by Gasteiger charge is 2.03. The molecule has 4 nitrogen and oxygen atoms in total. The molecule has 0 atom stereocenters. The highest BCUT2D eigenvalue weighted by molar-refractivity contribution is 5.64. The first kappa shape index (κ1) is 9.33. The molecule has 4 heteroatoms. The van der Waals surface area contributed by atoms with E-state index in [2.05, 4.69) is 21.7 Å². The zero-order chi connectivity index (χ0) is 10.7. The Morgan fingerprint density at radius 2 is 1.93 bits per heavy atom. The van der Waals surface area contributed by atoms with Crippen LogP contribution >= 0.6 is 0 Å². The predicted octanol–water partition coefficient (Wildman–Crippen LogP) is 2.06. The largest absolute Gasteiger partial charge is 0.381 e. The lowest BCUT2D eigenvalue weighted by Crippen LogP contribution is -1.94. The standard InChI is InChI=1S/C11H10N4/c1-13-11-10(12)14-7-9(15-11)8-5-3-2-4-6-8/h2-7H,1H2,(H2,12,14). The molecule has 0 aliphatic carbocycles. The summed E-state index contributed by atoms with van der Waals surface area (Å²) in [6, 6.07) is 9.73. The SMILES string of the molecule is C=Nc1nc(-c2ccccc2)cnc1N. The molecule has 1 aromatic carbocycles. The van der Waals surface area contributed by atoms with Gasteiger partial charge in [0.25, 0.3) is 0 Å². The number of aliphatic imine (C=N–C) groups is 1.